The van der Waals surface area contributed by atoms with Gasteiger partial charge in [-0.1, -0.05) is 31.0 Å². The van der Waals surface area contributed by atoms with Crippen LogP contribution in [0.5, 0.6) is 5.75 Å². The molecule has 2 rings (SSSR count). The number of nitrogens with zero attached hydrogens (tertiary/aromatic N) is 1. The van der Waals surface area contributed by atoms with E-state index in [2.05, 4.69) is 37.9 Å². The molecule has 0 radical (unpaired) electrons. The number of para-hydroxylation sites is 1. The third kappa shape index (κ3) is 3.98. The van der Waals surface area contributed by atoms with Crippen LogP contribution in [0.3, 0.4) is 0 Å². The molecule has 3 heteroatoms. The summed E-state index contributed by atoms with van der Waals surface area (Å²) < 4.78 is 5.47. The second-order valence-corrected chi connectivity index (χ2v) is 6.82. The van der Waals surface area contributed by atoms with Gasteiger partial charge in [-0.2, -0.15) is 0 Å². The van der Waals surface area contributed by atoms with Gasteiger partial charge >= 0.3 is 0 Å². The van der Waals surface area contributed by atoms with Crippen molar-refractivity contribution in [2.75, 3.05) is 20.7 Å². The van der Waals surface area contributed by atoms with Gasteiger partial charge in [0.2, 0.25) is 0 Å². The Hall–Kier alpha value is -1.06. The van der Waals surface area contributed by atoms with Gasteiger partial charge in [0, 0.05) is 18.1 Å². The largest absolute Gasteiger partial charge is 0.496 e. The van der Waals surface area contributed by atoms with Gasteiger partial charge in [0.05, 0.1) is 7.11 Å². The van der Waals surface area contributed by atoms with E-state index in [9.17, 15) is 0 Å². The quantitative estimate of drug-likeness (QED) is 0.799. The van der Waals surface area contributed by atoms with Gasteiger partial charge in [-0.15, -0.1) is 0 Å². The summed E-state index contributed by atoms with van der Waals surface area (Å²) in [6.45, 7) is 5.31. The fourth-order valence-electron chi connectivity index (χ4n) is 3.17. The van der Waals surface area contributed by atoms with Crippen molar-refractivity contribution < 1.29 is 4.74 Å². The molecule has 1 aromatic rings. The fourth-order valence-corrected chi connectivity index (χ4v) is 3.17. The van der Waals surface area contributed by atoms with Gasteiger partial charge in [-0.05, 0) is 51.3 Å². The second kappa shape index (κ2) is 6.80. The molecule has 2 unspecified atom stereocenters. The average Bonchev–Trinajstić information content (AvgIpc) is 3.30. The molecule has 0 heterocycles. The first-order valence-corrected chi connectivity index (χ1v) is 8.05. The third-order valence-electron chi connectivity index (χ3n) is 5.09. The molecule has 1 aromatic carbocycles. The highest BCUT2D eigenvalue weighted by Crippen LogP contribution is 2.39. The van der Waals surface area contributed by atoms with Crippen molar-refractivity contribution in [2.24, 2.45) is 11.7 Å². The number of hydrogen-bond donors (Lipinski definition) is 1. The van der Waals surface area contributed by atoms with Crippen LogP contribution in [0.25, 0.3) is 0 Å². The lowest BCUT2D eigenvalue weighted by molar-refractivity contribution is 0.0863. The fraction of sp³-hybridized carbons (Fsp3) is 0.667. The van der Waals surface area contributed by atoms with Crippen LogP contribution in [0, 0.1) is 5.92 Å². The smallest absolute Gasteiger partial charge is 0.122 e. The molecule has 0 saturated heterocycles. The molecule has 2 N–H and O–H groups in total. The molecule has 3 nitrogen and oxygen atoms in total. The van der Waals surface area contributed by atoms with Gasteiger partial charge in [-0.25, -0.2) is 0 Å². The van der Waals surface area contributed by atoms with Crippen LogP contribution in [0.1, 0.15) is 38.7 Å². The van der Waals surface area contributed by atoms with Crippen molar-refractivity contribution in [2.45, 2.75) is 51.1 Å². The van der Waals surface area contributed by atoms with Crippen molar-refractivity contribution in [3.05, 3.63) is 29.8 Å². The molecule has 0 aliphatic heterocycles. The SMILES string of the molecule is COc1ccccc1CC(C)N(C)C(C)(CN)CC1CC1. The van der Waals surface area contributed by atoms with E-state index < -0.39 is 0 Å². The van der Waals surface area contributed by atoms with E-state index in [1.807, 2.05) is 12.1 Å². The predicted octanol–water partition coefficient (Wildman–Crippen LogP) is 3.08. The van der Waals surface area contributed by atoms with E-state index in [0.29, 0.717) is 6.04 Å². The van der Waals surface area contributed by atoms with Crippen LogP contribution < -0.4 is 10.5 Å². The first kappa shape index (κ1) is 16.3. The lowest BCUT2D eigenvalue weighted by Gasteiger charge is -2.42. The van der Waals surface area contributed by atoms with Crippen LogP contribution in [0.15, 0.2) is 24.3 Å². The maximum Gasteiger partial charge on any atom is 0.122 e. The Morgan fingerprint density at radius 1 is 1.38 bits per heavy atom. The van der Waals surface area contributed by atoms with E-state index in [-0.39, 0.29) is 5.54 Å². The summed E-state index contributed by atoms with van der Waals surface area (Å²) in [5.41, 5.74) is 7.47. The maximum absolute atomic E-state index is 6.10. The Labute approximate surface area is 129 Å². The van der Waals surface area contributed by atoms with Crippen LogP contribution in [-0.4, -0.2) is 37.2 Å². The Morgan fingerprint density at radius 3 is 2.62 bits per heavy atom. The number of ether oxygens (including phenoxy) is 1. The second-order valence-electron chi connectivity index (χ2n) is 6.82. The first-order chi connectivity index (χ1) is 10.00. The number of benzene rings is 1. The van der Waals surface area contributed by atoms with E-state index in [1.54, 1.807) is 7.11 Å². The van der Waals surface area contributed by atoms with Gasteiger partial charge in [0.25, 0.3) is 0 Å². The monoisotopic (exact) mass is 290 g/mol. The lowest BCUT2D eigenvalue weighted by Crippen LogP contribution is -2.54. The molecule has 1 aliphatic rings. The van der Waals surface area contributed by atoms with Crippen LogP contribution in [0.2, 0.25) is 0 Å². The van der Waals surface area contributed by atoms with Gasteiger partial charge in [0.15, 0.2) is 0 Å². The van der Waals surface area contributed by atoms with Crippen LogP contribution in [0.4, 0.5) is 0 Å². The Kier molecular flexibility index (Phi) is 5.28. The minimum atomic E-state index is 0.0998. The number of nitrogens with two attached hydrogens (primary N) is 1. The standard InChI is InChI=1S/C18H30N2O/c1-14(11-16-7-5-6-8-17(16)21-4)20(3)18(2,13-19)12-15-9-10-15/h5-8,14-15H,9-13,19H2,1-4H3. The molecule has 1 aliphatic carbocycles. The summed E-state index contributed by atoms with van der Waals surface area (Å²) in [4.78, 5) is 2.47. The van der Waals surface area contributed by atoms with Crippen LogP contribution in [-0.2, 0) is 6.42 Å². The zero-order valence-corrected chi connectivity index (χ0v) is 13.9. The summed E-state index contributed by atoms with van der Waals surface area (Å²) in [6.07, 6.45) is 4.96. The Balaban J connectivity index is 2.05. The third-order valence-corrected chi connectivity index (χ3v) is 5.09. The normalized spacial score (nSPS) is 19.3. The van der Waals surface area contributed by atoms with E-state index in [0.717, 1.165) is 24.6 Å². The first-order valence-electron chi connectivity index (χ1n) is 8.05. The molecule has 21 heavy (non-hydrogen) atoms. The molecule has 1 fully saturated rings. The highest BCUT2D eigenvalue weighted by molar-refractivity contribution is 5.33. The van der Waals surface area contributed by atoms with Crippen molar-refractivity contribution in [1.82, 2.24) is 4.90 Å². The molecule has 0 bridgehead atoms. The molecule has 1 saturated carbocycles. The number of rotatable bonds is 8. The summed E-state index contributed by atoms with van der Waals surface area (Å²) >= 11 is 0. The summed E-state index contributed by atoms with van der Waals surface area (Å²) in [5.74, 6) is 1.87. The maximum atomic E-state index is 6.10. The molecule has 2 atom stereocenters. The van der Waals surface area contributed by atoms with Gasteiger partial charge in [-0.3, -0.25) is 4.90 Å². The summed E-state index contributed by atoms with van der Waals surface area (Å²) in [6, 6.07) is 8.73. The van der Waals surface area contributed by atoms with E-state index >= 15 is 0 Å². The van der Waals surface area contributed by atoms with Crippen molar-refractivity contribution >= 4 is 0 Å². The lowest BCUT2D eigenvalue weighted by atomic mass is 9.90. The zero-order valence-electron chi connectivity index (χ0n) is 13.9. The van der Waals surface area contributed by atoms with Gasteiger partial charge < -0.3 is 10.5 Å². The molecular formula is C18H30N2O. The molecule has 0 aromatic heterocycles. The van der Waals surface area contributed by atoms with Crippen LogP contribution >= 0.6 is 0 Å². The zero-order chi connectivity index (χ0) is 15.5. The van der Waals surface area contributed by atoms with Crippen molar-refractivity contribution in [1.29, 1.82) is 0 Å². The number of likely N-dealkylation sites (N-methyl/N-ethyl adjacent to an activating group) is 1. The summed E-state index contributed by atoms with van der Waals surface area (Å²) in [7, 11) is 3.96. The number of methoxy groups -OCH3 is 1. The van der Waals surface area contributed by atoms with E-state index in [1.165, 1.54) is 24.8 Å². The molecule has 118 valence electrons. The molecule has 0 spiro atoms. The Morgan fingerprint density at radius 2 is 2.05 bits per heavy atom. The van der Waals surface area contributed by atoms with Crippen molar-refractivity contribution in [3.63, 3.8) is 0 Å². The highest BCUT2D eigenvalue weighted by atomic mass is 16.5. The van der Waals surface area contributed by atoms with Gasteiger partial charge in [0.1, 0.15) is 5.75 Å². The Bertz CT molecular complexity index is 458. The average molecular weight is 290 g/mol. The minimum Gasteiger partial charge on any atom is -0.496 e. The topological polar surface area (TPSA) is 38.5 Å². The molecular weight excluding hydrogens is 260 g/mol. The summed E-state index contributed by atoms with van der Waals surface area (Å²) in [5, 5.41) is 0. The van der Waals surface area contributed by atoms with E-state index in [4.69, 9.17) is 10.5 Å². The predicted molar refractivity (Wildman–Crippen MR) is 88.7 cm³/mol. The van der Waals surface area contributed by atoms with Crippen molar-refractivity contribution in [3.8, 4) is 5.75 Å². The molecule has 0 amide bonds. The number of hydrogen-bond acceptors (Lipinski definition) is 3. The highest BCUT2D eigenvalue weighted by Gasteiger charge is 2.37. The minimum absolute atomic E-state index is 0.0998.